The van der Waals surface area contributed by atoms with Crippen molar-refractivity contribution in [2.24, 2.45) is 0 Å². The van der Waals surface area contributed by atoms with Crippen LogP contribution >= 0.6 is 0 Å². The smallest absolute Gasteiger partial charge is 0.227 e. The monoisotopic (exact) mass is 283 g/mol. The molecule has 0 saturated carbocycles. The van der Waals surface area contributed by atoms with E-state index in [0.29, 0.717) is 0 Å². The van der Waals surface area contributed by atoms with E-state index in [1.54, 1.807) is 12.5 Å². The number of nitrogens with one attached hydrogen (secondary N) is 1. The van der Waals surface area contributed by atoms with E-state index in [9.17, 15) is 4.79 Å². The molecular weight excluding hydrogens is 262 g/mol. The molecule has 1 aromatic carbocycles. The van der Waals surface area contributed by atoms with E-state index in [2.05, 4.69) is 28.5 Å². The molecule has 1 N–H and O–H groups in total. The Balaban J connectivity index is 1.52. The number of carbonyl (C=O) groups excluding carboxylic acids is 1. The van der Waals surface area contributed by atoms with Gasteiger partial charge in [0.1, 0.15) is 0 Å². The summed E-state index contributed by atoms with van der Waals surface area (Å²) in [5.74, 6) is 0.205. The molecule has 1 aromatic heterocycles. The summed E-state index contributed by atoms with van der Waals surface area (Å²) < 4.78 is 2.03. The molecule has 1 aliphatic carbocycles. The minimum atomic E-state index is 0.0307. The molecular formula is C17H21N3O. The average Bonchev–Trinajstić information content (AvgIpc) is 3.04. The van der Waals surface area contributed by atoms with Crippen LogP contribution in [0.2, 0.25) is 0 Å². The van der Waals surface area contributed by atoms with Gasteiger partial charge in [-0.3, -0.25) is 4.79 Å². The number of rotatable bonds is 5. The third-order valence-corrected chi connectivity index (χ3v) is 4.14. The second kappa shape index (κ2) is 6.57. The summed E-state index contributed by atoms with van der Waals surface area (Å²) in [5, 5.41) is 3.08. The maximum absolute atomic E-state index is 12.4. The fraction of sp³-hybridized carbons (Fsp3) is 0.412. The van der Waals surface area contributed by atoms with Crippen LogP contribution in [-0.2, 0) is 17.8 Å². The van der Waals surface area contributed by atoms with E-state index in [0.717, 1.165) is 38.8 Å². The first-order valence-electron chi connectivity index (χ1n) is 7.66. The number of hydrogen-bond acceptors (Lipinski definition) is 2. The van der Waals surface area contributed by atoms with Crippen LogP contribution in [0, 0.1) is 0 Å². The van der Waals surface area contributed by atoms with Gasteiger partial charge in [-0.1, -0.05) is 24.3 Å². The Bertz CT molecular complexity index is 592. The lowest BCUT2D eigenvalue weighted by Gasteiger charge is -2.24. The van der Waals surface area contributed by atoms with E-state index in [1.165, 1.54) is 11.1 Å². The number of nitrogens with zero attached hydrogens (tertiary/aromatic N) is 2. The fourth-order valence-corrected chi connectivity index (χ4v) is 3.04. The van der Waals surface area contributed by atoms with Gasteiger partial charge in [-0.05, 0) is 36.8 Å². The van der Waals surface area contributed by atoms with Gasteiger partial charge < -0.3 is 9.88 Å². The van der Waals surface area contributed by atoms with Crippen molar-refractivity contribution < 1.29 is 4.79 Å². The van der Waals surface area contributed by atoms with Crippen molar-refractivity contribution in [3.05, 3.63) is 54.1 Å². The van der Waals surface area contributed by atoms with Gasteiger partial charge in [0.05, 0.1) is 12.2 Å². The van der Waals surface area contributed by atoms with Crippen molar-refractivity contribution in [2.75, 3.05) is 6.54 Å². The zero-order chi connectivity index (χ0) is 14.5. The Morgan fingerprint density at radius 1 is 1.38 bits per heavy atom. The average molecular weight is 283 g/mol. The highest BCUT2D eigenvalue weighted by atomic mass is 16.1. The molecule has 0 fully saturated rings. The minimum absolute atomic E-state index is 0.0307. The van der Waals surface area contributed by atoms with Crippen LogP contribution < -0.4 is 5.32 Å². The molecule has 0 bridgehead atoms. The molecule has 3 rings (SSSR count). The Morgan fingerprint density at radius 2 is 2.29 bits per heavy atom. The second-order valence-electron chi connectivity index (χ2n) is 5.59. The van der Waals surface area contributed by atoms with Gasteiger partial charge in [0.15, 0.2) is 0 Å². The standard InChI is InChI=1S/C17H21N3O/c21-17(19-9-4-11-20-12-10-18-13-20)16-8-3-6-14-5-1-2-7-15(14)16/h1-2,5,7,10,12-13,16H,3-4,6,8-9,11H2,(H,19,21). The molecule has 2 aromatic rings. The molecule has 0 saturated heterocycles. The maximum Gasteiger partial charge on any atom is 0.227 e. The summed E-state index contributed by atoms with van der Waals surface area (Å²) in [6.07, 6.45) is 9.61. The predicted octanol–water partition coefficient (Wildman–Crippen LogP) is 2.51. The Labute approximate surface area is 125 Å². The fourth-order valence-electron chi connectivity index (χ4n) is 3.04. The zero-order valence-corrected chi connectivity index (χ0v) is 12.2. The van der Waals surface area contributed by atoms with Gasteiger partial charge in [-0.2, -0.15) is 0 Å². The first-order chi connectivity index (χ1) is 10.3. The molecule has 0 spiro atoms. The van der Waals surface area contributed by atoms with Gasteiger partial charge in [-0.25, -0.2) is 4.98 Å². The number of imidazole rings is 1. The number of carbonyl (C=O) groups is 1. The van der Waals surface area contributed by atoms with Gasteiger partial charge in [0, 0.05) is 25.5 Å². The van der Waals surface area contributed by atoms with Crippen molar-refractivity contribution >= 4 is 5.91 Å². The summed E-state index contributed by atoms with van der Waals surface area (Å²) in [5.41, 5.74) is 2.55. The number of aryl methyl sites for hydroxylation is 2. The van der Waals surface area contributed by atoms with Crippen molar-refractivity contribution in [3.8, 4) is 0 Å². The third kappa shape index (κ3) is 3.32. The molecule has 21 heavy (non-hydrogen) atoms. The van der Waals surface area contributed by atoms with Crippen LogP contribution in [0.5, 0.6) is 0 Å². The Hall–Kier alpha value is -2.10. The van der Waals surface area contributed by atoms with E-state index >= 15 is 0 Å². The summed E-state index contributed by atoms with van der Waals surface area (Å²) in [6.45, 7) is 1.61. The topological polar surface area (TPSA) is 46.9 Å². The molecule has 4 heteroatoms. The quantitative estimate of drug-likeness (QED) is 0.857. The van der Waals surface area contributed by atoms with E-state index in [-0.39, 0.29) is 11.8 Å². The summed E-state index contributed by atoms with van der Waals surface area (Å²) in [6, 6.07) is 8.34. The second-order valence-corrected chi connectivity index (χ2v) is 5.59. The Kier molecular flexibility index (Phi) is 4.34. The molecule has 1 aliphatic rings. The number of benzene rings is 1. The summed E-state index contributed by atoms with van der Waals surface area (Å²) in [4.78, 5) is 16.4. The van der Waals surface area contributed by atoms with Crippen LogP contribution in [0.4, 0.5) is 0 Å². The van der Waals surface area contributed by atoms with Crippen LogP contribution in [0.15, 0.2) is 43.0 Å². The predicted molar refractivity (Wildman–Crippen MR) is 82.0 cm³/mol. The number of hydrogen-bond donors (Lipinski definition) is 1. The lowest BCUT2D eigenvalue weighted by atomic mass is 9.82. The maximum atomic E-state index is 12.4. The molecule has 4 nitrogen and oxygen atoms in total. The van der Waals surface area contributed by atoms with Crippen molar-refractivity contribution in [1.82, 2.24) is 14.9 Å². The first kappa shape index (κ1) is 13.9. The molecule has 1 unspecified atom stereocenters. The lowest BCUT2D eigenvalue weighted by molar-refractivity contribution is -0.122. The normalized spacial score (nSPS) is 17.2. The minimum Gasteiger partial charge on any atom is -0.356 e. The summed E-state index contributed by atoms with van der Waals surface area (Å²) in [7, 11) is 0. The SMILES string of the molecule is O=C(NCCCn1ccnc1)C1CCCc2ccccc21. The van der Waals surface area contributed by atoms with Crippen molar-refractivity contribution in [1.29, 1.82) is 0 Å². The molecule has 1 heterocycles. The van der Waals surface area contributed by atoms with E-state index < -0.39 is 0 Å². The van der Waals surface area contributed by atoms with Crippen LogP contribution in [0.1, 0.15) is 36.3 Å². The highest BCUT2D eigenvalue weighted by molar-refractivity contribution is 5.84. The molecule has 1 atom stereocenters. The van der Waals surface area contributed by atoms with Crippen molar-refractivity contribution in [2.45, 2.75) is 38.1 Å². The zero-order valence-electron chi connectivity index (χ0n) is 12.2. The van der Waals surface area contributed by atoms with Gasteiger partial charge >= 0.3 is 0 Å². The largest absolute Gasteiger partial charge is 0.356 e. The molecule has 0 radical (unpaired) electrons. The molecule has 1 amide bonds. The first-order valence-corrected chi connectivity index (χ1v) is 7.66. The number of fused-ring (bicyclic) bond motifs is 1. The van der Waals surface area contributed by atoms with Crippen molar-refractivity contribution in [3.63, 3.8) is 0 Å². The van der Waals surface area contributed by atoms with E-state index in [1.807, 2.05) is 16.8 Å². The number of aromatic nitrogens is 2. The highest BCUT2D eigenvalue weighted by Crippen LogP contribution is 2.31. The third-order valence-electron chi connectivity index (χ3n) is 4.14. The molecule has 110 valence electrons. The van der Waals surface area contributed by atoms with Gasteiger partial charge in [-0.15, -0.1) is 0 Å². The number of amides is 1. The van der Waals surface area contributed by atoms with E-state index in [4.69, 9.17) is 0 Å². The van der Waals surface area contributed by atoms with Crippen LogP contribution in [0.25, 0.3) is 0 Å². The summed E-state index contributed by atoms with van der Waals surface area (Å²) >= 11 is 0. The lowest BCUT2D eigenvalue weighted by Crippen LogP contribution is -2.32. The van der Waals surface area contributed by atoms with Crippen LogP contribution in [-0.4, -0.2) is 22.0 Å². The highest BCUT2D eigenvalue weighted by Gasteiger charge is 2.25. The van der Waals surface area contributed by atoms with Crippen LogP contribution in [0.3, 0.4) is 0 Å². The van der Waals surface area contributed by atoms with Gasteiger partial charge in [0.2, 0.25) is 5.91 Å². The molecule has 0 aliphatic heterocycles. The Morgan fingerprint density at radius 3 is 3.14 bits per heavy atom. The van der Waals surface area contributed by atoms with Gasteiger partial charge in [0.25, 0.3) is 0 Å².